The molecule has 6 nitrogen and oxygen atoms in total. The van der Waals surface area contributed by atoms with Crippen molar-refractivity contribution in [2.24, 2.45) is 0 Å². The third kappa shape index (κ3) is 3.67. The van der Waals surface area contributed by atoms with Crippen LogP contribution in [0.1, 0.15) is 19.1 Å². The molecule has 1 fully saturated rings. The van der Waals surface area contributed by atoms with Crippen LogP contribution < -0.4 is 5.63 Å². The summed E-state index contributed by atoms with van der Waals surface area (Å²) in [6, 6.07) is 4.04. The van der Waals surface area contributed by atoms with Crippen LogP contribution in [0.4, 0.5) is 0 Å². The van der Waals surface area contributed by atoms with Crippen molar-refractivity contribution in [3.63, 3.8) is 0 Å². The fraction of sp³-hybridized carbons (Fsp3) is 0.278. The Morgan fingerprint density at radius 1 is 1.25 bits per heavy atom. The minimum atomic E-state index is -0.670. The Kier molecular flexibility index (Phi) is 4.42. The SMILES string of the molecule is C[C@H](O)C[C@@H]1O[C@H]1/C=C\C=C\c1cc2cc(O)cc(O)c2c(=O)o1. The molecule has 1 aliphatic heterocycles. The molecule has 0 unspecified atom stereocenters. The van der Waals surface area contributed by atoms with Crippen molar-refractivity contribution in [3.05, 3.63) is 52.6 Å². The van der Waals surface area contributed by atoms with Gasteiger partial charge in [-0.25, -0.2) is 4.79 Å². The fourth-order valence-electron chi connectivity index (χ4n) is 2.57. The van der Waals surface area contributed by atoms with E-state index in [0.29, 0.717) is 17.6 Å². The van der Waals surface area contributed by atoms with Gasteiger partial charge in [0.1, 0.15) is 28.7 Å². The fourth-order valence-corrected chi connectivity index (χ4v) is 2.57. The highest BCUT2D eigenvalue weighted by Gasteiger charge is 2.36. The van der Waals surface area contributed by atoms with Gasteiger partial charge in [-0.1, -0.05) is 18.2 Å². The summed E-state index contributed by atoms with van der Waals surface area (Å²) in [7, 11) is 0. The molecular weight excluding hydrogens is 312 g/mol. The predicted octanol–water partition coefficient (Wildman–Crippen LogP) is 2.31. The Balaban J connectivity index is 1.73. The van der Waals surface area contributed by atoms with Gasteiger partial charge in [0.05, 0.1) is 12.2 Å². The maximum absolute atomic E-state index is 11.9. The van der Waals surface area contributed by atoms with Crippen LogP contribution in [0.3, 0.4) is 0 Å². The molecule has 126 valence electrons. The van der Waals surface area contributed by atoms with Crippen LogP contribution in [0.2, 0.25) is 0 Å². The Morgan fingerprint density at radius 3 is 2.79 bits per heavy atom. The average Bonchev–Trinajstić information content (AvgIpc) is 3.19. The van der Waals surface area contributed by atoms with Crippen molar-refractivity contribution in [1.82, 2.24) is 0 Å². The molecular formula is C18H18O6. The van der Waals surface area contributed by atoms with Crippen LogP contribution >= 0.6 is 0 Å². The number of phenols is 2. The van der Waals surface area contributed by atoms with Gasteiger partial charge in [-0.3, -0.25) is 0 Å². The van der Waals surface area contributed by atoms with Crippen LogP contribution in [-0.4, -0.2) is 33.6 Å². The third-order valence-corrected chi connectivity index (χ3v) is 3.71. The van der Waals surface area contributed by atoms with Gasteiger partial charge in [0.25, 0.3) is 0 Å². The highest BCUT2D eigenvalue weighted by molar-refractivity contribution is 5.89. The van der Waals surface area contributed by atoms with E-state index in [2.05, 4.69) is 0 Å². The number of epoxide rings is 1. The quantitative estimate of drug-likeness (QED) is 0.574. The second-order valence-corrected chi connectivity index (χ2v) is 5.83. The molecule has 1 aromatic carbocycles. The normalized spacial score (nSPS) is 21.8. The van der Waals surface area contributed by atoms with E-state index in [1.54, 1.807) is 31.2 Å². The highest BCUT2D eigenvalue weighted by Crippen LogP contribution is 2.29. The number of hydrogen-bond acceptors (Lipinski definition) is 6. The molecule has 1 aliphatic rings. The topological polar surface area (TPSA) is 103 Å². The number of benzene rings is 1. The molecule has 3 atom stereocenters. The van der Waals surface area contributed by atoms with E-state index in [9.17, 15) is 20.1 Å². The molecule has 0 amide bonds. The van der Waals surface area contributed by atoms with Gasteiger partial charge in [-0.2, -0.15) is 0 Å². The second-order valence-electron chi connectivity index (χ2n) is 5.83. The predicted molar refractivity (Wildman–Crippen MR) is 88.9 cm³/mol. The lowest BCUT2D eigenvalue weighted by atomic mass is 10.1. The number of hydrogen-bond donors (Lipinski definition) is 3. The first kappa shape index (κ1) is 16.3. The Hall–Kier alpha value is -2.57. The first-order valence-electron chi connectivity index (χ1n) is 7.62. The average molecular weight is 330 g/mol. The summed E-state index contributed by atoms with van der Waals surface area (Å²) in [6.07, 6.45) is 7.21. The van der Waals surface area contributed by atoms with E-state index < -0.39 is 5.63 Å². The number of aromatic hydroxyl groups is 2. The Labute approximate surface area is 137 Å². The van der Waals surface area contributed by atoms with Gasteiger partial charge >= 0.3 is 5.63 Å². The van der Waals surface area contributed by atoms with Crippen LogP contribution in [0.25, 0.3) is 16.8 Å². The van der Waals surface area contributed by atoms with Crippen molar-refractivity contribution in [2.45, 2.75) is 31.7 Å². The summed E-state index contributed by atoms with van der Waals surface area (Å²) in [6.45, 7) is 1.72. The minimum absolute atomic E-state index is 0.00163. The molecule has 24 heavy (non-hydrogen) atoms. The first-order chi connectivity index (χ1) is 11.4. The Morgan fingerprint density at radius 2 is 2.04 bits per heavy atom. The molecule has 0 radical (unpaired) electrons. The van der Waals surface area contributed by atoms with Crippen molar-refractivity contribution < 1.29 is 24.5 Å². The second kappa shape index (κ2) is 6.51. The molecule has 6 heteroatoms. The summed E-state index contributed by atoms with van der Waals surface area (Å²) in [5.74, 6) is -0.140. The van der Waals surface area contributed by atoms with Gasteiger partial charge in [0, 0.05) is 17.9 Å². The molecule has 1 saturated heterocycles. The summed E-state index contributed by atoms with van der Waals surface area (Å²) in [5.41, 5.74) is -0.670. The molecule has 2 heterocycles. The third-order valence-electron chi connectivity index (χ3n) is 3.71. The number of allylic oxidation sites excluding steroid dienone is 2. The van der Waals surface area contributed by atoms with Crippen LogP contribution in [0.5, 0.6) is 11.5 Å². The first-order valence-corrected chi connectivity index (χ1v) is 7.62. The zero-order valence-electron chi connectivity index (χ0n) is 13.0. The lowest BCUT2D eigenvalue weighted by Gasteiger charge is -2.01. The minimum Gasteiger partial charge on any atom is -0.508 e. The standard InChI is InChI=1S/C18H18O6/c1-10(19)6-16-15(24-16)5-3-2-4-13-8-11-7-12(20)9-14(21)17(11)18(22)23-13/h2-5,7-10,15-16,19-21H,6H2,1H3/b4-2+,5-3-/t10-,15-,16-/m0/s1. The number of ether oxygens (including phenoxy) is 1. The summed E-state index contributed by atoms with van der Waals surface area (Å²) in [4.78, 5) is 11.9. The summed E-state index contributed by atoms with van der Waals surface area (Å²) in [5, 5.41) is 28.9. The largest absolute Gasteiger partial charge is 0.508 e. The monoisotopic (exact) mass is 330 g/mol. The summed E-state index contributed by atoms with van der Waals surface area (Å²) < 4.78 is 10.5. The van der Waals surface area contributed by atoms with Gasteiger partial charge in [-0.15, -0.1) is 0 Å². The van der Waals surface area contributed by atoms with E-state index in [4.69, 9.17) is 9.15 Å². The molecule has 0 spiro atoms. The summed E-state index contributed by atoms with van der Waals surface area (Å²) >= 11 is 0. The number of fused-ring (bicyclic) bond motifs is 1. The van der Waals surface area contributed by atoms with Crippen LogP contribution in [0, 0.1) is 0 Å². The maximum Gasteiger partial charge on any atom is 0.347 e. The zero-order chi connectivity index (χ0) is 17.3. The molecule has 0 bridgehead atoms. The smallest absolute Gasteiger partial charge is 0.347 e. The lowest BCUT2D eigenvalue weighted by Crippen LogP contribution is -2.05. The number of phenolic OH excluding ortho intramolecular Hbond substituents is 2. The molecule has 1 aromatic heterocycles. The van der Waals surface area contributed by atoms with Crippen molar-refractivity contribution >= 4 is 16.8 Å². The highest BCUT2D eigenvalue weighted by atomic mass is 16.6. The van der Waals surface area contributed by atoms with E-state index in [0.717, 1.165) is 6.07 Å². The molecule has 0 aliphatic carbocycles. The van der Waals surface area contributed by atoms with E-state index >= 15 is 0 Å². The van der Waals surface area contributed by atoms with E-state index in [-0.39, 0.29) is 35.2 Å². The van der Waals surface area contributed by atoms with Crippen LogP contribution in [-0.2, 0) is 4.74 Å². The van der Waals surface area contributed by atoms with Gasteiger partial charge in [0.15, 0.2) is 0 Å². The van der Waals surface area contributed by atoms with Gasteiger partial charge < -0.3 is 24.5 Å². The van der Waals surface area contributed by atoms with Crippen molar-refractivity contribution in [2.75, 3.05) is 0 Å². The number of rotatable bonds is 5. The number of aliphatic hydroxyl groups is 1. The van der Waals surface area contributed by atoms with Gasteiger partial charge in [-0.05, 0) is 25.1 Å². The Bertz CT molecular complexity index is 862. The number of aliphatic hydroxyl groups excluding tert-OH is 1. The van der Waals surface area contributed by atoms with E-state index in [1.807, 2.05) is 6.08 Å². The zero-order valence-corrected chi connectivity index (χ0v) is 13.0. The molecule has 3 rings (SSSR count). The van der Waals surface area contributed by atoms with Crippen molar-refractivity contribution in [3.8, 4) is 11.5 Å². The molecule has 2 aromatic rings. The molecule has 0 saturated carbocycles. The van der Waals surface area contributed by atoms with Crippen LogP contribution in [0.15, 0.2) is 45.6 Å². The maximum atomic E-state index is 11.9. The van der Waals surface area contributed by atoms with Gasteiger partial charge in [0.2, 0.25) is 0 Å². The van der Waals surface area contributed by atoms with Crippen molar-refractivity contribution in [1.29, 1.82) is 0 Å². The van der Waals surface area contributed by atoms with E-state index in [1.165, 1.54) is 6.07 Å². The molecule has 3 N–H and O–H groups in total. The lowest BCUT2D eigenvalue weighted by molar-refractivity contribution is 0.170.